The third-order valence-corrected chi connectivity index (χ3v) is 7.40. The van der Waals surface area contributed by atoms with Crippen molar-refractivity contribution in [3.05, 3.63) is 106 Å². The molecule has 1 heterocycles. The van der Waals surface area contributed by atoms with Gasteiger partial charge in [-0.3, -0.25) is 9.59 Å². The number of hydrogen-bond acceptors (Lipinski definition) is 5. The van der Waals surface area contributed by atoms with Crippen molar-refractivity contribution in [3.8, 4) is 5.75 Å². The Labute approximate surface area is 223 Å². The Kier molecular flexibility index (Phi) is 7.61. The number of hydrogen-bond donors (Lipinski definition) is 1. The summed E-state index contributed by atoms with van der Waals surface area (Å²) in [5.74, 6) is -0.855. The quantitative estimate of drug-likeness (QED) is 0.245. The lowest BCUT2D eigenvalue weighted by molar-refractivity contribution is -0.140. The molecule has 6 heteroatoms. The number of Topliss-reactive ketones (excluding diaryl/α,β-unsaturated/α-hetero) is 1. The van der Waals surface area contributed by atoms with Crippen LogP contribution < -0.4 is 4.74 Å². The third kappa shape index (κ3) is 5.22. The van der Waals surface area contributed by atoms with Gasteiger partial charge in [0.15, 0.2) is 0 Å². The van der Waals surface area contributed by atoms with E-state index in [1.54, 1.807) is 7.11 Å². The minimum atomic E-state index is -0.746. The number of ether oxygens (including phenoxy) is 2. The maximum absolute atomic E-state index is 13.3. The van der Waals surface area contributed by atoms with Gasteiger partial charge in [0.05, 0.1) is 18.2 Å². The average molecular weight is 512 g/mol. The Bertz CT molecular complexity index is 1370. The molecule has 1 aliphatic carbocycles. The predicted octanol–water partition coefficient (Wildman–Crippen LogP) is 5.52. The van der Waals surface area contributed by atoms with Gasteiger partial charge in [0.2, 0.25) is 0 Å². The molecule has 1 unspecified atom stereocenters. The second-order valence-corrected chi connectivity index (χ2v) is 10.0. The van der Waals surface area contributed by atoms with E-state index in [9.17, 15) is 14.7 Å². The minimum absolute atomic E-state index is 0.0950. The first-order valence-electron chi connectivity index (χ1n) is 13.1. The van der Waals surface area contributed by atoms with Crippen molar-refractivity contribution in [3.63, 3.8) is 0 Å². The minimum Gasteiger partial charge on any atom is -0.507 e. The molecule has 0 radical (unpaired) electrons. The van der Waals surface area contributed by atoms with Crippen molar-refractivity contribution in [2.45, 2.75) is 45.3 Å². The summed E-state index contributed by atoms with van der Waals surface area (Å²) in [6.45, 7) is 2.92. The lowest BCUT2D eigenvalue weighted by atomic mass is 9.88. The summed E-state index contributed by atoms with van der Waals surface area (Å²) in [6, 6.07) is 20.6. The second kappa shape index (κ2) is 11.2. The van der Waals surface area contributed by atoms with E-state index in [1.165, 1.54) is 21.6 Å². The number of fused-ring (bicyclic) bond motifs is 1. The van der Waals surface area contributed by atoms with Crippen LogP contribution in [0.3, 0.4) is 0 Å². The largest absolute Gasteiger partial charge is 0.507 e. The number of ketones is 1. The van der Waals surface area contributed by atoms with E-state index in [4.69, 9.17) is 9.47 Å². The summed E-state index contributed by atoms with van der Waals surface area (Å²) < 4.78 is 11.3. The van der Waals surface area contributed by atoms with Crippen LogP contribution in [0.2, 0.25) is 0 Å². The van der Waals surface area contributed by atoms with E-state index < -0.39 is 17.7 Å². The number of carbonyl (C=O) groups excluding carboxylic acids is 2. The maximum Gasteiger partial charge on any atom is 0.295 e. The van der Waals surface area contributed by atoms with Crippen molar-refractivity contribution in [1.82, 2.24) is 4.90 Å². The summed E-state index contributed by atoms with van der Waals surface area (Å²) in [5.41, 5.74) is 6.05. The standard InChI is InChI=1S/C32H33NO5/c1-21-10-12-22(13-11-21)20-38-27-9-5-8-25(19-27)29-28(31(35)32(36)33(29)16-17-37-2)30(34)26-15-14-23-6-3-4-7-24(23)18-26/h5,8-15,18-19,29,34H,3-4,6-7,16-17,20H2,1-2H3/b30-28-. The van der Waals surface area contributed by atoms with Crippen LogP contribution in [0.15, 0.2) is 72.3 Å². The zero-order valence-corrected chi connectivity index (χ0v) is 21.9. The summed E-state index contributed by atoms with van der Waals surface area (Å²) >= 11 is 0. The first kappa shape index (κ1) is 25.7. The smallest absolute Gasteiger partial charge is 0.295 e. The zero-order chi connectivity index (χ0) is 26.6. The van der Waals surface area contributed by atoms with Gasteiger partial charge in [-0.1, -0.05) is 54.1 Å². The van der Waals surface area contributed by atoms with Crippen molar-refractivity contribution in [1.29, 1.82) is 0 Å². The highest BCUT2D eigenvalue weighted by atomic mass is 16.5. The Morgan fingerprint density at radius 1 is 0.974 bits per heavy atom. The Balaban J connectivity index is 1.51. The molecule has 0 saturated carbocycles. The van der Waals surface area contributed by atoms with Crippen LogP contribution in [-0.4, -0.2) is 42.0 Å². The lowest BCUT2D eigenvalue weighted by Crippen LogP contribution is -2.32. The molecule has 0 aromatic heterocycles. The van der Waals surface area contributed by atoms with Gasteiger partial charge in [-0.15, -0.1) is 0 Å². The molecule has 6 nitrogen and oxygen atoms in total. The van der Waals surface area contributed by atoms with E-state index in [0.29, 0.717) is 23.5 Å². The van der Waals surface area contributed by atoms with Gasteiger partial charge < -0.3 is 19.5 Å². The van der Waals surface area contributed by atoms with E-state index in [1.807, 2.05) is 73.7 Å². The predicted molar refractivity (Wildman–Crippen MR) is 146 cm³/mol. The zero-order valence-electron chi connectivity index (χ0n) is 21.9. The first-order valence-corrected chi connectivity index (χ1v) is 13.1. The van der Waals surface area contributed by atoms with Crippen LogP contribution in [0.25, 0.3) is 5.76 Å². The van der Waals surface area contributed by atoms with Crippen LogP contribution in [0.5, 0.6) is 5.75 Å². The summed E-state index contributed by atoms with van der Waals surface area (Å²) in [7, 11) is 1.55. The maximum atomic E-state index is 13.3. The molecule has 1 saturated heterocycles. The van der Waals surface area contributed by atoms with Crippen molar-refractivity contribution < 1.29 is 24.2 Å². The van der Waals surface area contributed by atoms with E-state index in [0.717, 1.165) is 31.2 Å². The van der Waals surface area contributed by atoms with Crippen molar-refractivity contribution in [2.75, 3.05) is 20.3 Å². The molecule has 38 heavy (non-hydrogen) atoms. The summed E-state index contributed by atoms with van der Waals surface area (Å²) in [5, 5.41) is 11.4. The second-order valence-electron chi connectivity index (χ2n) is 10.0. The molecule has 1 N–H and O–H groups in total. The molecule has 1 atom stereocenters. The fourth-order valence-electron chi connectivity index (χ4n) is 5.31. The van der Waals surface area contributed by atoms with Crippen LogP contribution in [0.4, 0.5) is 0 Å². The average Bonchev–Trinajstić information content (AvgIpc) is 3.20. The fourth-order valence-corrected chi connectivity index (χ4v) is 5.31. The molecule has 1 fully saturated rings. The van der Waals surface area contributed by atoms with Gasteiger partial charge >= 0.3 is 0 Å². The molecule has 0 bridgehead atoms. The van der Waals surface area contributed by atoms with Crippen LogP contribution in [-0.2, 0) is 33.8 Å². The molecule has 3 aromatic rings. The van der Waals surface area contributed by atoms with Gasteiger partial charge in [0.1, 0.15) is 18.1 Å². The molecule has 5 rings (SSSR count). The number of methoxy groups -OCH3 is 1. The number of rotatable bonds is 8. The highest BCUT2D eigenvalue weighted by Crippen LogP contribution is 2.40. The lowest BCUT2D eigenvalue weighted by Gasteiger charge is -2.25. The number of benzene rings is 3. The van der Waals surface area contributed by atoms with Crippen LogP contribution in [0, 0.1) is 6.92 Å². The Hall–Kier alpha value is -3.90. The number of aliphatic hydroxyl groups excluding tert-OH is 1. The summed E-state index contributed by atoms with van der Waals surface area (Å²) in [6.07, 6.45) is 4.23. The van der Waals surface area contributed by atoms with E-state index in [2.05, 4.69) is 0 Å². The van der Waals surface area contributed by atoms with Crippen molar-refractivity contribution >= 4 is 17.4 Å². The molecule has 1 aliphatic heterocycles. The number of likely N-dealkylation sites (tertiary alicyclic amines) is 1. The fraction of sp³-hybridized carbons (Fsp3) is 0.312. The van der Waals surface area contributed by atoms with Gasteiger partial charge in [0, 0.05) is 19.2 Å². The third-order valence-electron chi connectivity index (χ3n) is 7.40. The number of carbonyl (C=O) groups is 2. The number of nitrogens with zero attached hydrogens (tertiary/aromatic N) is 1. The number of aliphatic hydroxyl groups is 1. The highest BCUT2D eigenvalue weighted by Gasteiger charge is 2.46. The Morgan fingerprint density at radius 3 is 2.50 bits per heavy atom. The van der Waals surface area contributed by atoms with Gasteiger partial charge in [-0.05, 0) is 73.1 Å². The SMILES string of the molecule is COCCN1C(=O)C(=O)/C(=C(\O)c2ccc3c(c2)CCCC3)C1c1cccc(OCc2ccc(C)cc2)c1. The molecular formula is C32H33NO5. The molecule has 1 amide bonds. The highest BCUT2D eigenvalue weighted by molar-refractivity contribution is 6.46. The number of amides is 1. The topological polar surface area (TPSA) is 76.1 Å². The summed E-state index contributed by atoms with van der Waals surface area (Å²) in [4.78, 5) is 27.9. The normalized spacial score (nSPS) is 18.5. The number of aryl methyl sites for hydroxylation is 3. The molecule has 3 aromatic carbocycles. The Morgan fingerprint density at radius 2 is 1.74 bits per heavy atom. The molecule has 0 spiro atoms. The van der Waals surface area contributed by atoms with Crippen molar-refractivity contribution in [2.24, 2.45) is 0 Å². The first-order chi connectivity index (χ1) is 18.5. The van der Waals surface area contributed by atoms with Gasteiger partial charge in [-0.2, -0.15) is 0 Å². The molecular weight excluding hydrogens is 478 g/mol. The molecule has 196 valence electrons. The monoisotopic (exact) mass is 511 g/mol. The van der Waals surface area contributed by atoms with E-state index in [-0.39, 0.29) is 24.5 Å². The van der Waals surface area contributed by atoms with Crippen LogP contribution >= 0.6 is 0 Å². The van der Waals surface area contributed by atoms with Crippen LogP contribution in [0.1, 0.15) is 52.3 Å². The van der Waals surface area contributed by atoms with Gasteiger partial charge in [0.25, 0.3) is 11.7 Å². The van der Waals surface area contributed by atoms with E-state index >= 15 is 0 Å². The van der Waals surface area contributed by atoms with Gasteiger partial charge in [-0.25, -0.2) is 0 Å². The molecule has 2 aliphatic rings.